The Labute approximate surface area is 107 Å². The first-order valence-corrected chi connectivity index (χ1v) is 7.12. The zero-order chi connectivity index (χ0) is 11.8. The molecule has 0 saturated heterocycles. The molecule has 0 aliphatic heterocycles. The minimum Gasteiger partial charge on any atom is -0.397 e. The van der Waals surface area contributed by atoms with Gasteiger partial charge in [0.05, 0.1) is 15.8 Å². The molecule has 1 aliphatic rings. The molecular weight excluding hydrogens is 291 g/mol. The molecule has 1 fully saturated rings. The first kappa shape index (κ1) is 12.0. The second-order valence-electron chi connectivity index (χ2n) is 4.09. The molecule has 0 atom stereocenters. The second kappa shape index (κ2) is 4.45. The zero-order valence-corrected chi connectivity index (χ0v) is 11.4. The van der Waals surface area contributed by atoms with Crippen molar-refractivity contribution in [2.45, 2.75) is 17.6 Å². The monoisotopic (exact) mass is 304 g/mol. The molecule has 1 aromatic rings. The van der Waals surface area contributed by atoms with Crippen LogP contribution in [-0.4, -0.2) is 17.5 Å². The molecule has 1 aliphatic carbocycles. The minimum absolute atomic E-state index is 0.286. The van der Waals surface area contributed by atoms with Gasteiger partial charge in [0.25, 0.3) is 0 Å². The molecule has 0 amide bonds. The molecule has 88 valence electrons. The maximum Gasteiger partial charge on any atom is 0.139 e. The number of hydrogen-bond donors (Lipinski definition) is 2. The van der Waals surface area contributed by atoms with Gasteiger partial charge in [0, 0.05) is 17.4 Å². The standard InChI is InChI=1S/C11H14BrFN2S/c1-16-11(2-3-11)6-15-10-5-8(13)7(12)4-9(10)14/h4-5,15H,2-3,6,14H2,1H3. The van der Waals surface area contributed by atoms with Crippen LogP contribution in [0.2, 0.25) is 0 Å². The first-order chi connectivity index (χ1) is 7.56. The summed E-state index contributed by atoms with van der Waals surface area (Å²) in [6.45, 7) is 0.847. The largest absolute Gasteiger partial charge is 0.397 e. The Bertz CT molecular complexity index is 407. The predicted molar refractivity (Wildman–Crippen MR) is 72.5 cm³/mol. The van der Waals surface area contributed by atoms with E-state index in [0.29, 0.717) is 20.6 Å². The summed E-state index contributed by atoms with van der Waals surface area (Å²) in [6.07, 6.45) is 4.56. The van der Waals surface area contributed by atoms with E-state index in [0.717, 1.165) is 6.54 Å². The number of nitrogen functional groups attached to an aromatic ring is 1. The lowest BCUT2D eigenvalue weighted by atomic mass is 10.2. The van der Waals surface area contributed by atoms with E-state index in [1.807, 2.05) is 11.8 Å². The molecule has 0 aromatic heterocycles. The fourth-order valence-corrected chi connectivity index (χ4v) is 2.65. The van der Waals surface area contributed by atoms with E-state index < -0.39 is 0 Å². The molecule has 3 N–H and O–H groups in total. The Morgan fingerprint density at radius 1 is 1.56 bits per heavy atom. The molecular formula is C11H14BrFN2S. The van der Waals surface area contributed by atoms with Crippen LogP contribution in [0.15, 0.2) is 16.6 Å². The van der Waals surface area contributed by atoms with Crippen molar-refractivity contribution in [3.05, 3.63) is 22.4 Å². The minimum atomic E-state index is -0.286. The van der Waals surface area contributed by atoms with Crippen molar-refractivity contribution >= 4 is 39.1 Å². The lowest BCUT2D eigenvalue weighted by molar-refractivity contribution is 0.621. The highest BCUT2D eigenvalue weighted by molar-refractivity contribution is 9.10. The normalized spacial score (nSPS) is 17.2. The number of anilines is 2. The molecule has 5 heteroatoms. The van der Waals surface area contributed by atoms with E-state index in [2.05, 4.69) is 27.5 Å². The second-order valence-corrected chi connectivity index (χ2v) is 6.22. The lowest BCUT2D eigenvalue weighted by Gasteiger charge is -2.15. The van der Waals surface area contributed by atoms with E-state index in [1.54, 1.807) is 6.07 Å². The van der Waals surface area contributed by atoms with Gasteiger partial charge in [0.15, 0.2) is 0 Å². The maximum atomic E-state index is 13.3. The van der Waals surface area contributed by atoms with Crippen LogP contribution in [0.3, 0.4) is 0 Å². The number of rotatable bonds is 4. The zero-order valence-electron chi connectivity index (χ0n) is 9.02. The average molecular weight is 305 g/mol. The summed E-state index contributed by atoms with van der Waals surface area (Å²) in [5.74, 6) is -0.286. The number of hydrogen-bond acceptors (Lipinski definition) is 3. The summed E-state index contributed by atoms with van der Waals surface area (Å²) in [5, 5.41) is 3.23. The highest BCUT2D eigenvalue weighted by Gasteiger charge is 2.41. The van der Waals surface area contributed by atoms with Crippen LogP contribution in [0, 0.1) is 5.82 Å². The van der Waals surface area contributed by atoms with Crippen molar-refractivity contribution in [2.24, 2.45) is 0 Å². The van der Waals surface area contributed by atoms with Gasteiger partial charge in [0.2, 0.25) is 0 Å². The predicted octanol–water partition coefficient (Wildman–Crippen LogP) is 3.48. The number of nitrogens with one attached hydrogen (secondary N) is 1. The molecule has 1 aromatic carbocycles. The van der Waals surface area contributed by atoms with E-state index in [9.17, 15) is 4.39 Å². The summed E-state index contributed by atoms with van der Waals surface area (Å²) in [4.78, 5) is 0. The van der Waals surface area contributed by atoms with Gasteiger partial charge in [-0.15, -0.1) is 0 Å². The summed E-state index contributed by atoms with van der Waals surface area (Å²) in [5.41, 5.74) is 7.07. The van der Waals surface area contributed by atoms with Crippen LogP contribution in [0.4, 0.5) is 15.8 Å². The third-order valence-corrected chi connectivity index (χ3v) is 4.96. The van der Waals surface area contributed by atoms with Crippen molar-refractivity contribution in [3.63, 3.8) is 0 Å². The van der Waals surface area contributed by atoms with Crippen LogP contribution in [0.1, 0.15) is 12.8 Å². The Hall–Kier alpha value is -0.420. The number of nitrogens with two attached hydrogens (primary N) is 1. The van der Waals surface area contributed by atoms with Crippen LogP contribution in [-0.2, 0) is 0 Å². The number of halogens is 2. The Balaban J connectivity index is 2.07. The van der Waals surface area contributed by atoms with Crippen molar-refractivity contribution in [2.75, 3.05) is 23.9 Å². The van der Waals surface area contributed by atoms with Gasteiger partial charge in [-0.3, -0.25) is 0 Å². The maximum absolute atomic E-state index is 13.3. The quantitative estimate of drug-likeness (QED) is 0.837. The molecule has 0 bridgehead atoms. The summed E-state index contributed by atoms with van der Waals surface area (Å²) in [6, 6.07) is 3.03. The lowest BCUT2D eigenvalue weighted by Crippen LogP contribution is -2.18. The van der Waals surface area contributed by atoms with E-state index in [4.69, 9.17) is 5.73 Å². The van der Waals surface area contributed by atoms with E-state index in [-0.39, 0.29) is 5.82 Å². The van der Waals surface area contributed by atoms with Gasteiger partial charge in [-0.2, -0.15) is 11.8 Å². The van der Waals surface area contributed by atoms with E-state index in [1.165, 1.54) is 18.9 Å². The Kier molecular flexibility index (Phi) is 3.35. The third kappa shape index (κ3) is 2.46. The van der Waals surface area contributed by atoms with Crippen LogP contribution in [0.25, 0.3) is 0 Å². The van der Waals surface area contributed by atoms with Crippen LogP contribution >= 0.6 is 27.7 Å². The molecule has 0 heterocycles. The smallest absolute Gasteiger partial charge is 0.139 e. The van der Waals surface area contributed by atoms with Crippen molar-refractivity contribution in [1.82, 2.24) is 0 Å². The van der Waals surface area contributed by atoms with Crippen molar-refractivity contribution in [1.29, 1.82) is 0 Å². The molecule has 0 unspecified atom stereocenters. The summed E-state index contributed by atoms with van der Waals surface area (Å²) < 4.78 is 14.1. The molecule has 0 spiro atoms. The molecule has 2 rings (SSSR count). The molecule has 16 heavy (non-hydrogen) atoms. The third-order valence-electron chi connectivity index (χ3n) is 2.93. The van der Waals surface area contributed by atoms with Crippen LogP contribution < -0.4 is 11.1 Å². The average Bonchev–Trinajstić information content (AvgIpc) is 3.02. The Morgan fingerprint density at radius 3 is 2.81 bits per heavy atom. The fourth-order valence-electron chi connectivity index (χ4n) is 1.56. The van der Waals surface area contributed by atoms with Gasteiger partial charge in [-0.05, 0) is 41.1 Å². The SMILES string of the molecule is CSC1(CNc2cc(F)c(Br)cc2N)CC1. The van der Waals surface area contributed by atoms with Gasteiger partial charge < -0.3 is 11.1 Å². The molecule has 0 radical (unpaired) electrons. The first-order valence-electron chi connectivity index (χ1n) is 5.10. The molecule has 1 saturated carbocycles. The molecule has 2 nitrogen and oxygen atoms in total. The van der Waals surface area contributed by atoms with E-state index >= 15 is 0 Å². The number of benzene rings is 1. The van der Waals surface area contributed by atoms with Gasteiger partial charge >= 0.3 is 0 Å². The fraction of sp³-hybridized carbons (Fsp3) is 0.455. The highest BCUT2D eigenvalue weighted by Crippen LogP contribution is 2.47. The summed E-state index contributed by atoms with van der Waals surface area (Å²) >= 11 is 4.97. The van der Waals surface area contributed by atoms with Crippen molar-refractivity contribution in [3.8, 4) is 0 Å². The van der Waals surface area contributed by atoms with Gasteiger partial charge in [-0.1, -0.05) is 0 Å². The Morgan fingerprint density at radius 2 is 2.25 bits per heavy atom. The van der Waals surface area contributed by atoms with Gasteiger partial charge in [-0.25, -0.2) is 4.39 Å². The van der Waals surface area contributed by atoms with Crippen LogP contribution in [0.5, 0.6) is 0 Å². The number of thioether (sulfide) groups is 1. The topological polar surface area (TPSA) is 38.0 Å². The van der Waals surface area contributed by atoms with Gasteiger partial charge in [0.1, 0.15) is 5.82 Å². The highest BCUT2D eigenvalue weighted by atomic mass is 79.9. The van der Waals surface area contributed by atoms with Crippen molar-refractivity contribution < 1.29 is 4.39 Å². The summed E-state index contributed by atoms with van der Waals surface area (Å²) in [7, 11) is 0.